The molecule has 0 aromatic carbocycles. The molecular formula is C15H30CoN2O2. The van der Waals surface area contributed by atoms with Crippen molar-refractivity contribution in [3.63, 3.8) is 0 Å². The zero-order chi connectivity index (χ0) is 14.1. The molecule has 1 fully saturated rings. The average molecular weight is 329 g/mol. The fourth-order valence-electron chi connectivity index (χ4n) is 2.62. The SMILES string of the molecule is CCC(O)C(C)C[N-]CC[N-]CC1CCCCC1O.[Co+2]. The van der Waals surface area contributed by atoms with E-state index in [2.05, 4.69) is 10.6 Å². The maximum absolute atomic E-state index is 9.82. The Morgan fingerprint density at radius 1 is 1.15 bits per heavy atom. The molecule has 0 amide bonds. The average Bonchev–Trinajstić information content (AvgIpc) is 2.43. The zero-order valence-electron chi connectivity index (χ0n) is 12.8. The predicted molar refractivity (Wildman–Crippen MR) is 79.6 cm³/mol. The summed E-state index contributed by atoms with van der Waals surface area (Å²) in [5.74, 6) is 0.611. The van der Waals surface area contributed by atoms with Crippen LogP contribution in [0.3, 0.4) is 0 Å². The molecule has 4 atom stereocenters. The van der Waals surface area contributed by atoms with Gasteiger partial charge in [0.2, 0.25) is 0 Å². The van der Waals surface area contributed by atoms with Gasteiger partial charge in [-0.1, -0.05) is 26.7 Å². The van der Waals surface area contributed by atoms with Gasteiger partial charge >= 0.3 is 16.8 Å². The van der Waals surface area contributed by atoms with Gasteiger partial charge in [-0.3, -0.25) is 0 Å². The van der Waals surface area contributed by atoms with Gasteiger partial charge in [0.1, 0.15) is 0 Å². The summed E-state index contributed by atoms with van der Waals surface area (Å²) in [5, 5.41) is 28.4. The Bertz CT molecular complexity index is 232. The van der Waals surface area contributed by atoms with Gasteiger partial charge in [-0.25, -0.2) is 0 Å². The summed E-state index contributed by atoms with van der Waals surface area (Å²) >= 11 is 0. The van der Waals surface area contributed by atoms with E-state index >= 15 is 0 Å². The van der Waals surface area contributed by atoms with E-state index in [1.165, 1.54) is 6.42 Å². The third-order valence-electron chi connectivity index (χ3n) is 4.14. The number of hydrogen-bond donors (Lipinski definition) is 2. The minimum absolute atomic E-state index is 0. The first-order valence-electron chi connectivity index (χ1n) is 7.77. The third-order valence-corrected chi connectivity index (χ3v) is 4.14. The maximum atomic E-state index is 9.82. The topological polar surface area (TPSA) is 68.7 Å². The second kappa shape index (κ2) is 11.9. The van der Waals surface area contributed by atoms with Crippen molar-refractivity contribution in [2.24, 2.45) is 11.8 Å². The van der Waals surface area contributed by atoms with Crippen LogP contribution in [0.1, 0.15) is 46.0 Å². The van der Waals surface area contributed by atoms with Crippen molar-refractivity contribution in [1.82, 2.24) is 0 Å². The summed E-state index contributed by atoms with van der Waals surface area (Å²) in [6.45, 7) is 7.02. The summed E-state index contributed by atoms with van der Waals surface area (Å²) in [6.07, 6.45) is 4.85. The van der Waals surface area contributed by atoms with Gasteiger partial charge in [-0.15, -0.1) is 13.1 Å². The van der Waals surface area contributed by atoms with E-state index < -0.39 is 0 Å². The molecule has 5 heteroatoms. The standard InChI is InChI=1S/C15H30N2O2.Co/c1-3-14(18)12(2)10-16-8-9-17-11-13-6-4-5-7-15(13)19;/h12-15,18-19H,3-11H2,1-2H3;/q-2;+2. The third kappa shape index (κ3) is 7.95. The molecule has 1 radical (unpaired) electrons. The van der Waals surface area contributed by atoms with Gasteiger partial charge in [0, 0.05) is 0 Å². The maximum Gasteiger partial charge on any atom is 2.00 e. The molecule has 0 saturated heterocycles. The molecule has 1 saturated carbocycles. The van der Waals surface area contributed by atoms with E-state index in [4.69, 9.17) is 0 Å². The first kappa shape index (κ1) is 20.3. The molecule has 2 N–H and O–H groups in total. The van der Waals surface area contributed by atoms with E-state index in [1.54, 1.807) is 0 Å². The second-order valence-electron chi connectivity index (χ2n) is 5.82. The van der Waals surface area contributed by atoms with Crippen molar-refractivity contribution in [2.75, 3.05) is 26.2 Å². The molecule has 4 unspecified atom stereocenters. The number of aliphatic hydroxyl groups excluding tert-OH is 2. The molecule has 1 rings (SSSR count). The van der Waals surface area contributed by atoms with Crippen LogP contribution in [0.5, 0.6) is 0 Å². The van der Waals surface area contributed by atoms with Crippen LogP contribution in [0.15, 0.2) is 0 Å². The molecule has 0 bridgehead atoms. The summed E-state index contributed by atoms with van der Waals surface area (Å²) in [5.41, 5.74) is 0. The Hall–Kier alpha value is 0.346. The Balaban J connectivity index is 0.00000361. The summed E-state index contributed by atoms with van der Waals surface area (Å²) in [4.78, 5) is 0. The molecule has 0 spiro atoms. The van der Waals surface area contributed by atoms with Gasteiger partial charge < -0.3 is 20.8 Å². The molecule has 0 aliphatic heterocycles. The molecule has 0 heterocycles. The van der Waals surface area contributed by atoms with Crippen LogP contribution in [0.4, 0.5) is 0 Å². The monoisotopic (exact) mass is 329 g/mol. The number of rotatable bonds is 9. The molecule has 4 nitrogen and oxygen atoms in total. The summed E-state index contributed by atoms with van der Waals surface area (Å²) < 4.78 is 0. The van der Waals surface area contributed by atoms with Crippen molar-refractivity contribution >= 4 is 0 Å². The van der Waals surface area contributed by atoms with Gasteiger partial charge in [0.25, 0.3) is 0 Å². The first-order chi connectivity index (χ1) is 9.15. The van der Waals surface area contributed by atoms with Crippen LogP contribution < -0.4 is 0 Å². The van der Waals surface area contributed by atoms with Crippen LogP contribution in [-0.2, 0) is 16.8 Å². The predicted octanol–water partition coefficient (Wildman–Crippen LogP) is 2.69. The minimum atomic E-state index is -0.238. The van der Waals surface area contributed by atoms with E-state index in [0.29, 0.717) is 5.92 Å². The van der Waals surface area contributed by atoms with Gasteiger partial charge in [-0.2, -0.15) is 13.1 Å². The van der Waals surface area contributed by atoms with Gasteiger partial charge in [-0.05, 0) is 31.1 Å². The molecule has 0 aromatic rings. The number of hydrogen-bond acceptors (Lipinski definition) is 2. The Morgan fingerprint density at radius 3 is 2.45 bits per heavy atom. The largest absolute Gasteiger partial charge is 2.00 e. The fourth-order valence-corrected chi connectivity index (χ4v) is 2.62. The van der Waals surface area contributed by atoms with Crippen LogP contribution in [0.2, 0.25) is 0 Å². The van der Waals surface area contributed by atoms with E-state index in [0.717, 1.165) is 51.9 Å². The molecular weight excluding hydrogens is 299 g/mol. The van der Waals surface area contributed by atoms with E-state index in [-0.39, 0.29) is 34.9 Å². The smallest absolute Gasteiger partial charge is 0.663 e. The van der Waals surface area contributed by atoms with Crippen LogP contribution >= 0.6 is 0 Å². The van der Waals surface area contributed by atoms with Crippen LogP contribution in [0, 0.1) is 11.8 Å². The van der Waals surface area contributed by atoms with Crippen LogP contribution in [0.25, 0.3) is 10.6 Å². The van der Waals surface area contributed by atoms with Crippen molar-refractivity contribution in [3.05, 3.63) is 10.6 Å². The molecule has 0 aromatic heterocycles. The van der Waals surface area contributed by atoms with Crippen molar-refractivity contribution in [1.29, 1.82) is 0 Å². The number of nitrogens with zero attached hydrogens (tertiary/aromatic N) is 2. The van der Waals surface area contributed by atoms with Crippen molar-refractivity contribution in [2.45, 2.75) is 58.2 Å². The van der Waals surface area contributed by atoms with Crippen molar-refractivity contribution < 1.29 is 27.0 Å². The first-order valence-corrected chi connectivity index (χ1v) is 7.77. The van der Waals surface area contributed by atoms with Gasteiger partial charge in [0.15, 0.2) is 0 Å². The Labute approximate surface area is 134 Å². The summed E-state index contributed by atoms with van der Waals surface area (Å²) in [7, 11) is 0. The minimum Gasteiger partial charge on any atom is -0.663 e. The Kier molecular flexibility index (Phi) is 12.2. The molecule has 1 aliphatic rings. The zero-order valence-corrected chi connectivity index (χ0v) is 13.8. The quantitative estimate of drug-likeness (QED) is 0.639. The fraction of sp³-hybridized carbons (Fsp3) is 1.00. The van der Waals surface area contributed by atoms with Gasteiger partial charge in [0.05, 0.1) is 12.2 Å². The Morgan fingerprint density at radius 2 is 1.80 bits per heavy atom. The molecule has 121 valence electrons. The normalized spacial score (nSPS) is 25.8. The van der Waals surface area contributed by atoms with Crippen LogP contribution in [-0.4, -0.2) is 48.6 Å². The second-order valence-corrected chi connectivity index (χ2v) is 5.82. The van der Waals surface area contributed by atoms with E-state index in [1.807, 2.05) is 13.8 Å². The summed E-state index contributed by atoms with van der Waals surface area (Å²) in [6, 6.07) is 0. The van der Waals surface area contributed by atoms with E-state index in [9.17, 15) is 10.2 Å². The molecule has 1 aliphatic carbocycles. The molecule has 20 heavy (non-hydrogen) atoms. The number of aliphatic hydroxyl groups is 2. The van der Waals surface area contributed by atoms with Crippen molar-refractivity contribution in [3.8, 4) is 0 Å².